The van der Waals surface area contributed by atoms with E-state index in [-0.39, 0.29) is 17.9 Å². The van der Waals surface area contributed by atoms with Crippen molar-refractivity contribution in [2.75, 3.05) is 58.3 Å². The molecule has 0 spiro atoms. The quantitative estimate of drug-likeness (QED) is 0.784. The lowest BCUT2D eigenvalue weighted by atomic mass is 9.96. The van der Waals surface area contributed by atoms with Crippen LogP contribution in [0, 0.1) is 5.92 Å². The molecule has 2 aliphatic heterocycles. The van der Waals surface area contributed by atoms with E-state index in [1.165, 1.54) is 0 Å². The molecule has 0 radical (unpaired) electrons. The summed E-state index contributed by atoms with van der Waals surface area (Å²) in [6, 6.07) is 1.80. The van der Waals surface area contributed by atoms with Crippen LogP contribution in [-0.2, 0) is 4.79 Å². The molecule has 0 N–H and O–H groups in total. The second-order valence-corrected chi connectivity index (χ2v) is 7.18. The summed E-state index contributed by atoms with van der Waals surface area (Å²) in [6.07, 6.45) is 6.13. The van der Waals surface area contributed by atoms with Gasteiger partial charge in [-0.25, -0.2) is 14.8 Å². The molecule has 0 aliphatic carbocycles. The summed E-state index contributed by atoms with van der Waals surface area (Å²) in [6.45, 7) is 4.28. The monoisotopic (exact) mass is 360 g/mol. The number of nitrogens with zero attached hydrogens (tertiary/aromatic N) is 6. The molecule has 0 bridgehead atoms. The van der Waals surface area contributed by atoms with Gasteiger partial charge in [0.05, 0.1) is 5.92 Å². The maximum atomic E-state index is 13.0. The number of hydrogen-bond donors (Lipinski definition) is 0. The Morgan fingerprint density at radius 1 is 1.00 bits per heavy atom. The van der Waals surface area contributed by atoms with Gasteiger partial charge in [0.2, 0.25) is 11.9 Å². The third-order valence-corrected chi connectivity index (χ3v) is 5.07. The third-order valence-electron chi connectivity index (χ3n) is 5.07. The maximum absolute atomic E-state index is 13.0. The fourth-order valence-electron chi connectivity index (χ4n) is 3.69. The van der Waals surface area contributed by atoms with E-state index in [0.717, 1.165) is 51.4 Å². The molecule has 1 aromatic rings. The first-order valence-electron chi connectivity index (χ1n) is 9.33. The predicted molar refractivity (Wildman–Crippen MR) is 98.8 cm³/mol. The van der Waals surface area contributed by atoms with Gasteiger partial charge in [0, 0.05) is 65.8 Å². The van der Waals surface area contributed by atoms with Gasteiger partial charge < -0.3 is 19.6 Å². The molecule has 1 atom stereocenters. The number of anilines is 1. The number of piperidine rings is 1. The highest BCUT2D eigenvalue weighted by molar-refractivity contribution is 5.81. The lowest BCUT2D eigenvalue weighted by Crippen LogP contribution is -2.49. The van der Waals surface area contributed by atoms with E-state index in [0.29, 0.717) is 13.1 Å². The van der Waals surface area contributed by atoms with Crippen LogP contribution in [0.5, 0.6) is 0 Å². The summed E-state index contributed by atoms with van der Waals surface area (Å²) in [5.41, 5.74) is 0. The van der Waals surface area contributed by atoms with E-state index in [4.69, 9.17) is 0 Å². The van der Waals surface area contributed by atoms with Crippen molar-refractivity contribution < 1.29 is 9.59 Å². The van der Waals surface area contributed by atoms with E-state index in [1.807, 2.05) is 4.90 Å². The second kappa shape index (κ2) is 8.33. The van der Waals surface area contributed by atoms with Crippen molar-refractivity contribution in [2.45, 2.75) is 19.3 Å². The van der Waals surface area contributed by atoms with Gasteiger partial charge in [-0.3, -0.25) is 4.79 Å². The molecule has 26 heavy (non-hydrogen) atoms. The summed E-state index contributed by atoms with van der Waals surface area (Å²) in [5, 5.41) is 0. The number of carbonyl (C=O) groups is 2. The molecule has 0 aromatic carbocycles. The molecule has 8 nitrogen and oxygen atoms in total. The summed E-state index contributed by atoms with van der Waals surface area (Å²) >= 11 is 0. The molecule has 142 valence electrons. The summed E-state index contributed by atoms with van der Waals surface area (Å²) in [4.78, 5) is 41.3. The molecule has 2 fully saturated rings. The van der Waals surface area contributed by atoms with Crippen LogP contribution < -0.4 is 4.90 Å². The molecule has 8 heteroatoms. The van der Waals surface area contributed by atoms with E-state index in [2.05, 4.69) is 14.9 Å². The van der Waals surface area contributed by atoms with Crippen molar-refractivity contribution in [3.63, 3.8) is 0 Å². The highest BCUT2D eigenvalue weighted by Crippen LogP contribution is 2.21. The van der Waals surface area contributed by atoms with Crippen LogP contribution in [0.25, 0.3) is 0 Å². The van der Waals surface area contributed by atoms with Gasteiger partial charge in [0.1, 0.15) is 0 Å². The summed E-state index contributed by atoms with van der Waals surface area (Å²) in [7, 11) is 3.51. The number of urea groups is 1. The van der Waals surface area contributed by atoms with Crippen LogP contribution in [-0.4, -0.2) is 90.0 Å². The zero-order valence-electron chi connectivity index (χ0n) is 15.7. The minimum atomic E-state index is -0.0906. The fraction of sp³-hybridized carbons (Fsp3) is 0.667. The van der Waals surface area contributed by atoms with Crippen molar-refractivity contribution in [2.24, 2.45) is 5.92 Å². The Kier molecular flexibility index (Phi) is 5.90. The Morgan fingerprint density at radius 3 is 2.46 bits per heavy atom. The Morgan fingerprint density at radius 2 is 1.73 bits per heavy atom. The highest BCUT2D eigenvalue weighted by atomic mass is 16.2. The Hall–Kier alpha value is -2.38. The van der Waals surface area contributed by atoms with Gasteiger partial charge >= 0.3 is 6.03 Å². The Bertz CT molecular complexity index is 623. The van der Waals surface area contributed by atoms with E-state index < -0.39 is 0 Å². The van der Waals surface area contributed by atoms with Crippen LogP contribution in [0.2, 0.25) is 0 Å². The first kappa shape index (κ1) is 18.4. The van der Waals surface area contributed by atoms with Crippen LogP contribution in [0.15, 0.2) is 18.5 Å². The number of likely N-dealkylation sites (tertiary alicyclic amines) is 1. The summed E-state index contributed by atoms with van der Waals surface area (Å²) < 4.78 is 0. The molecule has 1 aromatic heterocycles. The lowest BCUT2D eigenvalue weighted by Gasteiger charge is -2.35. The molecule has 2 saturated heterocycles. The molecule has 0 saturated carbocycles. The van der Waals surface area contributed by atoms with Crippen molar-refractivity contribution in [3.05, 3.63) is 18.5 Å². The first-order chi connectivity index (χ1) is 12.6. The largest absolute Gasteiger partial charge is 0.341 e. The van der Waals surface area contributed by atoms with Gasteiger partial charge in [-0.2, -0.15) is 0 Å². The minimum Gasteiger partial charge on any atom is -0.341 e. The average molecular weight is 360 g/mol. The highest BCUT2D eigenvalue weighted by Gasteiger charge is 2.32. The average Bonchev–Trinajstić information content (AvgIpc) is 2.94. The zero-order chi connectivity index (χ0) is 18.5. The van der Waals surface area contributed by atoms with Crippen LogP contribution in [0.1, 0.15) is 19.3 Å². The Labute approximate surface area is 154 Å². The van der Waals surface area contributed by atoms with Gasteiger partial charge in [0.15, 0.2) is 0 Å². The SMILES string of the molecule is CN(C)C(=O)N1CCC[C@H](C(=O)N2CCCN(c3ncccn3)CC2)C1. The molecule has 0 unspecified atom stereocenters. The predicted octanol–water partition coefficient (Wildman–Crippen LogP) is 0.909. The van der Waals surface area contributed by atoms with E-state index >= 15 is 0 Å². The minimum absolute atomic E-state index is 0.00855. The van der Waals surface area contributed by atoms with Crippen LogP contribution in [0.3, 0.4) is 0 Å². The number of rotatable bonds is 2. The van der Waals surface area contributed by atoms with Crippen LogP contribution >= 0.6 is 0 Å². The fourth-order valence-corrected chi connectivity index (χ4v) is 3.69. The van der Waals surface area contributed by atoms with Crippen molar-refractivity contribution in [3.8, 4) is 0 Å². The summed E-state index contributed by atoms with van der Waals surface area (Å²) in [5.74, 6) is 0.812. The second-order valence-electron chi connectivity index (χ2n) is 7.18. The topological polar surface area (TPSA) is 72.9 Å². The number of carbonyl (C=O) groups excluding carboxylic acids is 2. The van der Waals surface area contributed by atoms with Crippen molar-refractivity contribution in [1.82, 2.24) is 24.7 Å². The molecule has 3 heterocycles. The molecule has 2 aliphatic rings. The molecular weight excluding hydrogens is 332 g/mol. The number of hydrogen-bond acceptors (Lipinski definition) is 5. The zero-order valence-corrected chi connectivity index (χ0v) is 15.7. The standard InChI is InChI=1S/C18H28N6O2/c1-21(2)18(26)24-9-3-6-15(14-24)16(25)22-10-5-11-23(13-12-22)17-19-7-4-8-20-17/h4,7-8,15H,3,5-6,9-14H2,1-2H3/t15-/m0/s1. The van der Waals surface area contributed by atoms with E-state index in [1.54, 1.807) is 42.4 Å². The molecular formula is C18H28N6O2. The van der Waals surface area contributed by atoms with E-state index in [9.17, 15) is 9.59 Å². The smallest absolute Gasteiger partial charge is 0.319 e. The van der Waals surface area contributed by atoms with Gasteiger partial charge in [0.25, 0.3) is 0 Å². The number of amides is 3. The van der Waals surface area contributed by atoms with Crippen molar-refractivity contribution >= 4 is 17.9 Å². The molecule has 3 rings (SSSR count). The molecule has 3 amide bonds. The first-order valence-corrected chi connectivity index (χ1v) is 9.33. The maximum Gasteiger partial charge on any atom is 0.319 e. The Balaban J connectivity index is 1.58. The van der Waals surface area contributed by atoms with Crippen LogP contribution in [0.4, 0.5) is 10.7 Å². The van der Waals surface area contributed by atoms with Crippen molar-refractivity contribution in [1.29, 1.82) is 0 Å². The van der Waals surface area contributed by atoms with Gasteiger partial charge in [-0.1, -0.05) is 0 Å². The van der Waals surface area contributed by atoms with Gasteiger partial charge in [-0.05, 0) is 25.3 Å². The number of aromatic nitrogens is 2. The normalized spacial score (nSPS) is 21.3. The third kappa shape index (κ3) is 4.23. The van der Waals surface area contributed by atoms with Gasteiger partial charge in [-0.15, -0.1) is 0 Å². The lowest BCUT2D eigenvalue weighted by molar-refractivity contribution is -0.136.